The summed E-state index contributed by atoms with van der Waals surface area (Å²) in [6.07, 6.45) is 1.59. The summed E-state index contributed by atoms with van der Waals surface area (Å²) in [5, 5.41) is 10.9. The summed E-state index contributed by atoms with van der Waals surface area (Å²) in [4.78, 5) is 25.2. The van der Waals surface area contributed by atoms with E-state index in [1.165, 1.54) is 5.56 Å². The van der Waals surface area contributed by atoms with Gasteiger partial charge in [0.2, 0.25) is 11.8 Å². The maximum absolute atomic E-state index is 12.6. The third kappa shape index (κ3) is 7.38. The minimum Gasteiger partial charge on any atom is -0.507 e. The number of hydrogen-bond acceptors (Lipinski definition) is 4. The maximum Gasteiger partial charge on any atom is 0.238 e. The predicted molar refractivity (Wildman–Crippen MR) is 162 cm³/mol. The maximum atomic E-state index is 12.6. The number of aromatic hydroxyl groups is 1. The molecular formula is C34H50N2O4. The first-order chi connectivity index (χ1) is 18.2. The van der Waals surface area contributed by atoms with E-state index in [0.29, 0.717) is 25.2 Å². The van der Waals surface area contributed by atoms with Crippen LogP contribution in [0.15, 0.2) is 24.3 Å². The van der Waals surface area contributed by atoms with Crippen molar-refractivity contribution in [2.75, 3.05) is 6.61 Å². The van der Waals surface area contributed by atoms with Crippen LogP contribution in [0.4, 0.5) is 0 Å². The van der Waals surface area contributed by atoms with Gasteiger partial charge in [-0.3, -0.25) is 20.4 Å². The molecule has 220 valence electrons. The lowest BCUT2D eigenvalue weighted by Gasteiger charge is -2.28. The van der Waals surface area contributed by atoms with Gasteiger partial charge in [-0.1, -0.05) is 100 Å². The minimum absolute atomic E-state index is 0.0691. The Labute approximate surface area is 241 Å². The highest BCUT2D eigenvalue weighted by molar-refractivity contribution is 5.82. The summed E-state index contributed by atoms with van der Waals surface area (Å²) < 4.78 is 6.08. The van der Waals surface area contributed by atoms with Crippen molar-refractivity contribution in [1.29, 1.82) is 0 Å². The van der Waals surface area contributed by atoms with Gasteiger partial charge in [-0.05, 0) is 51.3 Å². The molecule has 0 unspecified atom stereocenters. The molecule has 0 radical (unpaired) electrons. The van der Waals surface area contributed by atoms with E-state index in [-0.39, 0.29) is 46.3 Å². The van der Waals surface area contributed by atoms with Crippen LogP contribution in [0.2, 0.25) is 0 Å². The molecule has 6 nitrogen and oxygen atoms in total. The van der Waals surface area contributed by atoms with Gasteiger partial charge in [0.1, 0.15) is 11.5 Å². The van der Waals surface area contributed by atoms with Gasteiger partial charge in [0, 0.05) is 29.4 Å². The van der Waals surface area contributed by atoms with Crippen LogP contribution in [-0.2, 0) is 44.1 Å². The number of hydrogen-bond donors (Lipinski definition) is 3. The number of amides is 2. The third-order valence-electron chi connectivity index (χ3n) is 7.67. The fourth-order valence-corrected chi connectivity index (χ4v) is 5.14. The average Bonchev–Trinajstić information content (AvgIpc) is 3.12. The first-order valence-corrected chi connectivity index (χ1v) is 14.5. The van der Waals surface area contributed by atoms with Gasteiger partial charge in [-0.2, -0.15) is 0 Å². The molecule has 6 heteroatoms. The summed E-state index contributed by atoms with van der Waals surface area (Å²) in [5.74, 6) is 0.837. The molecule has 0 aromatic heterocycles. The third-order valence-corrected chi connectivity index (χ3v) is 7.67. The summed E-state index contributed by atoms with van der Waals surface area (Å²) >= 11 is 0. The highest BCUT2D eigenvalue weighted by Crippen LogP contribution is 2.45. The molecule has 3 N–H and O–H groups in total. The number of hydrazine groups is 1. The molecule has 1 heterocycles. The largest absolute Gasteiger partial charge is 0.507 e. The second kappa shape index (κ2) is 11.1. The van der Waals surface area contributed by atoms with Gasteiger partial charge in [-0.15, -0.1) is 0 Å². The summed E-state index contributed by atoms with van der Waals surface area (Å²) in [6.45, 7) is 24.0. The molecule has 0 bridgehead atoms. The Bertz CT molecular complexity index is 1210. The zero-order valence-corrected chi connectivity index (χ0v) is 26.5. The van der Waals surface area contributed by atoms with E-state index in [2.05, 4.69) is 99.1 Å². The standard InChI is InChI=1S/C34H50N2O4/c1-31(2,3)23-16-21(17-24(29(23)39)32(4,5)6)12-14-27(37)35-36-28(38)15-13-22-18-25(33(7,8)9)30-26(19-22)34(10,11)20-40-30/h16-19,39H,12-15,20H2,1-11H3,(H,35,37)(H,36,38). The smallest absolute Gasteiger partial charge is 0.238 e. The number of carbonyl (C=O) groups is 2. The van der Waals surface area contributed by atoms with Crippen LogP contribution in [0, 0.1) is 0 Å². The number of phenolic OH excluding ortho intramolecular Hbond substituents is 1. The molecular weight excluding hydrogens is 500 g/mol. The van der Waals surface area contributed by atoms with Crippen LogP contribution in [0.1, 0.15) is 122 Å². The van der Waals surface area contributed by atoms with E-state index in [4.69, 9.17) is 4.74 Å². The fraction of sp³-hybridized carbons (Fsp3) is 0.588. The number of carbonyl (C=O) groups excluding carboxylic acids is 2. The monoisotopic (exact) mass is 550 g/mol. The molecule has 0 saturated heterocycles. The fourth-order valence-electron chi connectivity index (χ4n) is 5.14. The Morgan fingerprint density at radius 2 is 1.15 bits per heavy atom. The van der Waals surface area contributed by atoms with Gasteiger partial charge >= 0.3 is 0 Å². The van der Waals surface area contributed by atoms with E-state index in [0.717, 1.165) is 33.6 Å². The molecule has 0 atom stereocenters. The van der Waals surface area contributed by atoms with Crippen molar-refractivity contribution < 1.29 is 19.4 Å². The summed E-state index contributed by atoms with van der Waals surface area (Å²) in [7, 11) is 0. The Balaban J connectivity index is 1.60. The van der Waals surface area contributed by atoms with Gasteiger partial charge in [0.25, 0.3) is 0 Å². The molecule has 0 saturated carbocycles. The van der Waals surface area contributed by atoms with Crippen molar-refractivity contribution >= 4 is 11.8 Å². The zero-order valence-electron chi connectivity index (χ0n) is 26.5. The van der Waals surface area contributed by atoms with Gasteiger partial charge in [0.15, 0.2) is 0 Å². The van der Waals surface area contributed by atoms with E-state index < -0.39 is 0 Å². The second-order valence-corrected chi connectivity index (χ2v) is 15.1. The zero-order chi connectivity index (χ0) is 30.3. The number of benzene rings is 2. The number of aryl methyl sites for hydroxylation is 2. The van der Waals surface area contributed by atoms with Crippen molar-refractivity contribution in [1.82, 2.24) is 10.9 Å². The van der Waals surface area contributed by atoms with E-state index in [9.17, 15) is 14.7 Å². The van der Waals surface area contributed by atoms with E-state index in [1.54, 1.807) is 0 Å². The molecule has 1 aliphatic rings. The Morgan fingerprint density at radius 1 is 0.750 bits per heavy atom. The van der Waals surface area contributed by atoms with Crippen LogP contribution in [0.25, 0.3) is 0 Å². The van der Waals surface area contributed by atoms with Crippen LogP contribution in [-0.4, -0.2) is 23.5 Å². The molecule has 1 aliphatic heterocycles. The van der Waals surface area contributed by atoms with Gasteiger partial charge in [0.05, 0.1) is 6.61 Å². The van der Waals surface area contributed by atoms with Gasteiger partial charge in [-0.25, -0.2) is 0 Å². The number of nitrogens with one attached hydrogen (secondary N) is 2. The lowest BCUT2D eigenvalue weighted by molar-refractivity contribution is -0.128. The Kier molecular flexibility index (Phi) is 8.74. The molecule has 0 aliphatic carbocycles. The predicted octanol–water partition coefficient (Wildman–Crippen LogP) is 6.67. The Hall–Kier alpha value is -3.02. The second-order valence-electron chi connectivity index (χ2n) is 15.1. The SMILES string of the molecule is CC(C)(C)c1cc(CCC(=O)NNC(=O)CCc2cc(C(C)(C)C)c3c(c2)C(C)(C)CO3)cc(C(C)(C)C)c1O. The van der Waals surface area contributed by atoms with Crippen molar-refractivity contribution in [3.8, 4) is 11.5 Å². The number of phenols is 1. The molecule has 2 aromatic rings. The topological polar surface area (TPSA) is 87.7 Å². The molecule has 2 amide bonds. The van der Waals surface area contributed by atoms with Crippen molar-refractivity contribution in [2.45, 2.75) is 124 Å². The molecule has 2 aromatic carbocycles. The van der Waals surface area contributed by atoms with Crippen LogP contribution in [0.5, 0.6) is 11.5 Å². The quantitative estimate of drug-likeness (QED) is 0.351. The average molecular weight is 551 g/mol. The Morgan fingerprint density at radius 3 is 1.57 bits per heavy atom. The molecule has 3 rings (SSSR count). The van der Waals surface area contributed by atoms with E-state index in [1.807, 2.05) is 12.1 Å². The number of rotatable bonds is 6. The van der Waals surface area contributed by atoms with E-state index >= 15 is 0 Å². The first-order valence-electron chi connectivity index (χ1n) is 14.5. The lowest BCUT2D eigenvalue weighted by atomic mass is 9.78. The number of ether oxygens (including phenoxy) is 1. The molecule has 0 fully saturated rings. The molecule has 0 spiro atoms. The lowest BCUT2D eigenvalue weighted by Crippen LogP contribution is -2.41. The van der Waals surface area contributed by atoms with Crippen LogP contribution < -0.4 is 15.6 Å². The van der Waals surface area contributed by atoms with Crippen molar-refractivity contribution in [3.05, 3.63) is 57.6 Å². The first kappa shape index (κ1) is 31.5. The summed E-state index contributed by atoms with van der Waals surface area (Å²) in [6, 6.07) is 8.30. The van der Waals surface area contributed by atoms with Gasteiger partial charge < -0.3 is 9.84 Å². The minimum atomic E-state index is -0.248. The molecule has 40 heavy (non-hydrogen) atoms. The van der Waals surface area contributed by atoms with Crippen molar-refractivity contribution in [3.63, 3.8) is 0 Å². The normalized spacial score (nSPS) is 14.9. The van der Waals surface area contributed by atoms with Crippen LogP contribution >= 0.6 is 0 Å². The van der Waals surface area contributed by atoms with Crippen molar-refractivity contribution in [2.24, 2.45) is 0 Å². The number of fused-ring (bicyclic) bond motifs is 1. The highest BCUT2D eigenvalue weighted by atomic mass is 16.5. The van der Waals surface area contributed by atoms with Crippen LogP contribution in [0.3, 0.4) is 0 Å². The highest BCUT2D eigenvalue weighted by Gasteiger charge is 2.36. The summed E-state index contributed by atoms with van der Waals surface area (Å²) in [5.41, 5.74) is 10.7.